The molecule has 24 nitrogen and oxygen atoms in total. The Bertz CT molecular complexity index is 3550. The Labute approximate surface area is 741 Å². The molecule has 0 radical (unpaired) electrons. The summed E-state index contributed by atoms with van der Waals surface area (Å²) >= 11 is 0. The second-order valence-electron chi connectivity index (χ2n) is 42.9. The zero-order valence-electron chi connectivity index (χ0n) is 72.1. The maximum Gasteiger partial charge on any atom is 0.515 e. The molecular formula is C82H134O24Si16. The summed E-state index contributed by atoms with van der Waals surface area (Å²) in [6.07, 6.45) is 55.0. The van der Waals surface area contributed by atoms with Gasteiger partial charge in [-0.05, 0) is 191 Å². The van der Waals surface area contributed by atoms with E-state index in [1.54, 1.807) is 0 Å². The summed E-state index contributed by atoms with van der Waals surface area (Å²) in [4.78, 5) is 0. The normalized spacial score (nSPS) is 48.2. The van der Waals surface area contributed by atoms with Crippen molar-refractivity contribution in [2.24, 2.45) is 0 Å². The van der Waals surface area contributed by atoms with E-state index in [0.717, 1.165) is 381 Å². The molecule has 14 saturated carbocycles. The number of rotatable bonds is 17. The van der Waals surface area contributed by atoms with E-state index >= 15 is 0 Å². The summed E-state index contributed by atoms with van der Waals surface area (Å²) in [5, 5.41) is 1.66. The molecule has 26 aliphatic rings. The Hall–Kier alpha value is 0.950. The molecule has 0 amide bonds. The van der Waals surface area contributed by atoms with Crippen LogP contribution in [0.3, 0.4) is 0 Å². The average Bonchev–Trinajstić information content (AvgIpc) is 1.22. The Kier molecular flexibility index (Phi) is 21.4. The van der Waals surface area contributed by atoms with E-state index < -0.39 is 141 Å². The second kappa shape index (κ2) is 31.2. The molecule has 12 aliphatic heterocycles. The van der Waals surface area contributed by atoms with Crippen LogP contribution in [0.25, 0.3) is 11.1 Å². The van der Waals surface area contributed by atoms with Crippen LogP contribution in [0, 0.1) is 0 Å². The van der Waals surface area contributed by atoms with Crippen molar-refractivity contribution < 1.29 is 98.8 Å². The smallest absolute Gasteiger partial charge is 0.373 e. The van der Waals surface area contributed by atoms with Crippen molar-refractivity contribution in [2.75, 3.05) is 0 Å². The molecule has 0 N–H and O–H groups in total. The lowest BCUT2D eigenvalue weighted by Crippen LogP contribution is -2.91. The van der Waals surface area contributed by atoms with Crippen LogP contribution >= 0.6 is 0 Å². The summed E-state index contributed by atoms with van der Waals surface area (Å²) in [5.41, 5.74) is 1.22. The molecule has 12 saturated heterocycles. The third-order valence-electron chi connectivity index (χ3n) is 35.6. The molecule has 0 atom stereocenters. The fraction of sp³-hybridized carbons (Fsp3) is 0.854. The van der Waals surface area contributed by atoms with Gasteiger partial charge in [0.15, 0.2) is 0 Å². The maximum absolute atomic E-state index is 8.93. The van der Waals surface area contributed by atoms with Crippen LogP contribution < -0.4 is 10.4 Å². The van der Waals surface area contributed by atoms with Crippen molar-refractivity contribution in [1.29, 1.82) is 0 Å². The minimum atomic E-state index is -4.60. The van der Waals surface area contributed by atoms with Gasteiger partial charge in [0.05, 0.1) is 0 Å². The van der Waals surface area contributed by atoms with Crippen LogP contribution in [0.1, 0.15) is 360 Å². The molecule has 12 heterocycles. The molecule has 0 aromatic heterocycles. The standard InChI is InChI=1S/C82H134O24Si16/c1-2-30-67(29-1)107-83-109(69-33-5-6-34-69)89-115(75-45-17-18-46-75)91-110(84-107,70-35-7-8-36-70)93-117(77-49-21-22-50-77)94-111(85-107,71-37-9-10-38-71)92-116(90-109,76-47-19-20-48-76)102-121(101-115,103-117)81-61-57-65(58-62-81)66-59-63-82(64-60-66)122-104-118(78-51-23-24-52-78)95-112(72-39-11-12-40-72)86-108(68-31-3-4-32-68)87-113(97-118,73-41-13-14-42-73)99-120(106-122,80-55-27-28-56-80)100-114(88-108,74-43-15-16-44-74)98-119(96-112,105-122)79-53-25-26-54-79/h57-64,67-80H,1-56H2. The average molecular weight is 1950 g/mol. The lowest BCUT2D eigenvalue weighted by molar-refractivity contribution is -0.0472. The largest absolute Gasteiger partial charge is 0.515 e. The van der Waals surface area contributed by atoms with E-state index in [9.17, 15) is 0 Å². The predicted octanol–water partition coefficient (Wildman–Crippen LogP) is 20.5. The second-order valence-corrected chi connectivity index (χ2v) is 94.2. The first-order valence-corrected chi connectivity index (χ1v) is 79.3. The van der Waals surface area contributed by atoms with Crippen LogP contribution in [0.5, 0.6) is 0 Å². The predicted molar refractivity (Wildman–Crippen MR) is 480 cm³/mol. The van der Waals surface area contributed by atoms with Gasteiger partial charge in [-0.15, -0.1) is 0 Å². The molecule has 122 heavy (non-hydrogen) atoms. The zero-order valence-corrected chi connectivity index (χ0v) is 88.1. The van der Waals surface area contributed by atoms with E-state index in [2.05, 4.69) is 48.5 Å². The Morgan fingerprint density at radius 1 is 0.123 bits per heavy atom. The summed E-state index contributed by atoms with van der Waals surface area (Å²) in [7, 11) is -68.1. The molecule has 0 unspecified atom stereocenters. The third-order valence-corrected chi connectivity index (χ3v) is 114. The lowest BCUT2D eigenvalue weighted by Gasteiger charge is -2.66. The van der Waals surface area contributed by atoms with E-state index in [1.807, 2.05) is 0 Å². The van der Waals surface area contributed by atoms with Crippen LogP contribution in [-0.4, -0.2) is 141 Å². The molecule has 26 fully saturated rings. The molecule has 40 heteroatoms. The van der Waals surface area contributed by atoms with Crippen LogP contribution in [0.15, 0.2) is 48.5 Å². The van der Waals surface area contributed by atoms with Gasteiger partial charge in [-0.2, -0.15) is 0 Å². The minimum Gasteiger partial charge on any atom is -0.373 e. The van der Waals surface area contributed by atoms with Gasteiger partial charge in [-0.1, -0.05) is 228 Å². The van der Waals surface area contributed by atoms with Crippen LogP contribution in [0.4, 0.5) is 0 Å². The van der Waals surface area contributed by atoms with Gasteiger partial charge in [0, 0.05) is 87.9 Å². The summed E-state index contributed by atoms with van der Waals surface area (Å²) in [6.45, 7) is 0. The topological polar surface area (TPSA) is 222 Å². The highest BCUT2D eigenvalue weighted by atomic mass is 28.6. The zero-order chi connectivity index (χ0) is 80.6. The SMILES string of the molecule is c1cc([Si]23O[Si]4(C5CCCC5)O[Si]5(C6CCCC6)O[Si](C6CCCC6)(O2)O[Si]2(C6CCCC6)O[Si](C6CCCC6)(O3)O[Si](C3CCCC3)(O4)O[Si](C3CCCC3)(O5)O2)ccc1-c1ccc([Si]23O[Si]4(C5CCCC5)O[Si]5(C6CCCC6)O[Si](C6CCCC6)(O2)O[Si]2(C6CCCC6)O[Si](C6CCCC6)(O3)O[Si](C3CCCC3)(O4)O[Si](C3CCCC3)(O5)O2)cc1. The van der Waals surface area contributed by atoms with Crippen molar-refractivity contribution in [3.05, 3.63) is 48.5 Å². The molecule has 28 rings (SSSR count). The van der Waals surface area contributed by atoms with Crippen LogP contribution in [0.2, 0.25) is 77.6 Å². The summed E-state index contributed by atoms with van der Waals surface area (Å²) in [6, 6.07) is 18.2. The van der Waals surface area contributed by atoms with Gasteiger partial charge < -0.3 is 98.8 Å². The first-order chi connectivity index (χ1) is 59.6. The third kappa shape index (κ3) is 13.2. The minimum absolute atomic E-state index is 0.00402. The highest BCUT2D eigenvalue weighted by molar-refractivity contribution is 7.09. The van der Waals surface area contributed by atoms with Crippen molar-refractivity contribution in [2.45, 2.75) is 437 Å². The van der Waals surface area contributed by atoms with Crippen molar-refractivity contribution >= 4 is 151 Å². The lowest BCUT2D eigenvalue weighted by atomic mass is 10.1. The van der Waals surface area contributed by atoms with Crippen molar-refractivity contribution in [1.82, 2.24) is 0 Å². The van der Waals surface area contributed by atoms with E-state index in [0.29, 0.717) is 0 Å². The molecule has 670 valence electrons. The number of benzene rings is 2. The highest BCUT2D eigenvalue weighted by Gasteiger charge is 2.92. The van der Waals surface area contributed by atoms with E-state index in [4.69, 9.17) is 98.8 Å². The Morgan fingerprint density at radius 2 is 0.213 bits per heavy atom. The highest BCUT2D eigenvalue weighted by Crippen LogP contribution is 2.71. The van der Waals surface area contributed by atoms with E-state index in [-0.39, 0.29) is 77.6 Å². The van der Waals surface area contributed by atoms with Crippen molar-refractivity contribution in [3.8, 4) is 11.1 Å². The molecule has 14 aliphatic carbocycles. The molecule has 2 aromatic rings. The first kappa shape index (κ1) is 83.5. The Morgan fingerprint density at radius 3 is 0.311 bits per heavy atom. The fourth-order valence-electron chi connectivity index (χ4n) is 29.2. The quantitative estimate of drug-likeness (QED) is 0.134. The summed E-state index contributed by atoms with van der Waals surface area (Å²) in [5.74, 6) is 0. The molecule has 0 spiro atoms. The van der Waals surface area contributed by atoms with Crippen molar-refractivity contribution in [3.63, 3.8) is 0 Å². The fourth-order valence-corrected chi connectivity index (χ4v) is 140. The van der Waals surface area contributed by atoms with Gasteiger partial charge in [-0.25, -0.2) is 0 Å². The first-order valence-electron chi connectivity index (χ1n) is 50.7. The molecular weight excluding hydrogens is 1820 g/mol. The van der Waals surface area contributed by atoms with Gasteiger partial charge in [-0.3, -0.25) is 0 Å². The monoisotopic (exact) mass is 1950 g/mol. The van der Waals surface area contributed by atoms with Gasteiger partial charge in [0.2, 0.25) is 0 Å². The van der Waals surface area contributed by atoms with Gasteiger partial charge in [0.25, 0.3) is 0 Å². The molecule has 2 aromatic carbocycles. The number of hydrogen-bond donors (Lipinski definition) is 0. The Balaban J connectivity index is 0.658. The number of hydrogen-bond acceptors (Lipinski definition) is 24. The van der Waals surface area contributed by atoms with Crippen LogP contribution in [-0.2, 0) is 98.8 Å². The maximum atomic E-state index is 8.93. The molecule has 16 bridgehead atoms. The van der Waals surface area contributed by atoms with Gasteiger partial charge >= 0.3 is 141 Å². The summed E-state index contributed by atoms with van der Waals surface area (Å²) < 4.78 is 212. The van der Waals surface area contributed by atoms with E-state index in [1.165, 1.54) is 0 Å². The van der Waals surface area contributed by atoms with Gasteiger partial charge in [0.1, 0.15) is 0 Å².